The van der Waals surface area contributed by atoms with E-state index in [9.17, 15) is 22.4 Å². The van der Waals surface area contributed by atoms with Crippen LogP contribution < -0.4 is 0 Å². The van der Waals surface area contributed by atoms with E-state index in [1.807, 2.05) is 0 Å². The quantitative estimate of drug-likeness (QED) is 0.876. The second-order valence-corrected chi connectivity index (χ2v) is 3.72. The number of halogens is 4. The molecule has 0 saturated carbocycles. The van der Waals surface area contributed by atoms with Gasteiger partial charge in [0.05, 0.1) is 5.56 Å². The average molecular weight is 290 g/mol. The molecule has 0 amide bonds. The van der Waals surface area contributed by atoms with Gasteiger partial charge in [-0.05, 0) is 18.2 Å². The van der Waals surface area contributed by atoms with Gasteiger partial charge in [0, 0.05) is 5.56 Å². The Morgan fingerprint density at radius 3 is 2.60 bits per heavy atom. The number of carbonyl (C=O) groups is 1. The van der Waals surface area contributed by atoms with Gasteiger partial charge in [0.1, 0.15) is 0 Å². The van der Waals surface area contributed by atoms with Crippen molar-refractivity contribution in [3.8, 4) is 11.5 Å². The molecule has 0 aliphatic carbocycles. The lowest BCUT2D eigenvalue weighted by Gasteiger charge is -2.09. The molecule has 0 atom stereocenters. The van der Waals surface area contributed by atoms with E-state index in [-0.39, 0.29) is 11.1 Å². The molecule has 1 N–H and O–H groups in total. The number of carboxylic acids is 1. The van der Waals surface area contributed by atoms with E-state index in [0.29, 0.717) is 0 Å². The Hall–Kier alpha value is -2.45. The van der Waals surface area contributed by atoms with E-state index in [4.69, 9.17) is 5.11 Å². The molecule has 0 aliphatic heterocycles. The minimum atomic E-state index is -4.56. The van der Waals surface area contributed by atoms with Crippen molar-refractivity contribution >= 4 is 5.97 Å². The van der Waals surface area contributed by atoms with E-state index >= 15 is 0 Å². The SMILES string of the molecule is O=C(O)c1cccc(-c2nnc(C(F)(F)C(F)F)o2)c1. The Balaban J connectivity index is 2.39. The number of hydrogen-bond donors (Lipinski definition) is 1. The van der Waals surface area contributed by atoms with Crippen LogP contribution in [-0.4, -0.2) is 27.7 Å². The highest BCUT2D eigenvalue weighted by molar-refractivity contribution is 5.88. The molecule has 20 heavy (non-hydrogen) atoms. The molecular formula is C11H6F4N2O3. The molecule has 1 heterocycles. The minimum Gasteiger partial charge on any atom is -0.478 e. The number of rotatable bonds is 4. The van der Waals surface area contributed by atoms with Gasteiger partial charge in [0.2, 0.25) is 5.89 Å². The topological polar surface area (TPSA) is 76.2 Å². The summed E-state index contributed by atoms with van der Waals surface area (Å²) in [5.41, 5.74) is -0.100. The van der Waals surface area contributed by atoms with Crippen LogP contribution in [0.15, 0.2) is 28.7 Å². The summed E-state index contributed by atoms with van der Waals surface area (Å²) in [5.74, 6) is -7.80. The van der Waals surface area contributed by atoms with Crippen molar-refractivity contribution in [2.45, 2.75) is 12.3 Å². The summed E-state index contributed by atoms with van der Waals surface area (Å²) in [4.78, 5) is 10.8. The third-order valence-corrected chi connectivity index (χ3v) is 2.34. The van der Waals surface area contributed by atoms with E-state index in [1.165, 1.54) is 18.2 Å². The van der Waals surface area contributed by atoms with E-state index in [0.717, 1.165) is 6.07 Å². The third kappa shape index (κ3) is 2.46. The predicted molar refractivity (Wildman–Crippen MR) is 56.6 cm³/mol. The zero-order valence-electron chi connectivity index (χ0n) is 9.56. The van der Waals surface area contributed by atoms with Gasteiger partial charge >= 0.3 is 18.3 Å². The van der Waals surface area contributed by atoms with Crippen LogP contribution in [0.1, 0.15) is 16.2 Å². The summed E-state index contributed by atoms with van der Waals surface area (Å²) < 4.78 is 54.7. The van der Waals surface area contributed by atoms with Gasteiger partial charge in [-0.3, -0.25) is 0 Å². The molecule has 0 unspecified atom stereocenters. The molecule has 1 aromatic heterocycles. The van der Waals surface area contributed by atoms with E-state index in [1.54, 1.807) is 0 Å². The first-order chi connectivity index (χ1) is 9.32. The lowest BCUT2D eigenvalue weighted by atomic mass is 10.1. The average Bonchev–Trinajstić information content (AvgIpc) is 2.88. The monoisotopic (exact) mass is 290 g/mol. The Labute approximate surface area is 108 Å². The van der Waals surface area contributed by atoms with Crippen molar-refractivity contribution in [2.24, 2.45) is 0 Å². The van der Waals surface area contributed by atoms with Gasteiger partial charge in [-0.25, -0.2) is 13.6 Å². The Kier molecular flexibility index (Phi) is 3.43. The molecule has 0 saturated heterocycles. The maximum absolute atomic E-state index is 13.0. The molecule has 0 radical (unpaired) electrons. The van der Waals surface area contributed by atoms with E-state index in [2.05, 4.69) is 14.6 Å². The largest absolute Gasteiger partial charge is 0.478 e. The summed E-state index contributed by atoms with van der Waals surface area (Å²) in [5, 5.41) is 14.9. The molecule has 106 valence electrons. The van der Waals surface area contributed by atoms with Gasteiger partial charge in [0.15, 0.2) is 0 Å². The van der Waals surface area contributed by atoms with Gasteiger partial charge in [-0.2, -0.15) is 8.78 Å². The fraction of sp³-hybridized carbons (Fsp3) is 0.182. The number of alkyl halides is 4. The number of nitrogens with zero attached hydrogens (tertiary/aromatic N) is 2. The smallest absolute Gasteiger partial charge is 0.382 e. The molecule has 0 fully saturated rings. The number of carboxylic acid groups (broad SMARTS) is 1. The molecule has 0 spiro atoms. The van der Waals surface area contributed by atoms with Crippen LogP contribution in [0.4, 0.5) is 17.6 Å². The zero-order valence-corrected chi connectivity index (χ0v) is 9.56. The molecule has 2 aromatic rings. The van der Waals surface area contributed by atoms with Gasteiger partial charge in [-0.1, -0.05) is 6.07 Å². The van der Waals surface area contributed by atoms with Gasteiger partial charge in [0.25, 0.3) is 5.89 Å². The normalized spacial score (nSPS) is 11.8. The van der Waals surface area contributed by atoms with Gasteiger partial charge in [-0.15, -0.1) is 10.2 Å². The number of aromatic carboxylic acids is 1. The fourth-order valence-corrected chi connectivity index (χ4v) is 1.35. The van der Waals surface area contributed by atoms with Crippen LogP contribution >= 0.6 is 0 Å². The standard InChI is InChI=1S/C11H6F4N2O3/c12-9(13)11(14,15)10-17-16-7(20-10)5-2-1-3-6(4-5)8(18)19/h1-4,9H,(H,18,19). The molecule has 1 aromatic carbocycles. The molecule has 0 bridgehead atoms. The fourth-order valence-electron chi connectivity index (χ4n) is 1.35. The lowest BCUT2D eigenvalue weighted by molar-refractivity contribution is -0.150. The first kappa shape index (κ1) is 14.0. The Bertz CT molecular complexity index is 642. The van der Waals surface area contributed by atoms with Crippen LogP contribution in [0.2, 0.25) is 0 Å². The van der Waals surface area contributed by atoms with Crippen molar-refractivity contribution in [3.63, 3.8) is 0 Å². The van der Waals surface area contributed by atoms with Crippen molar-refractivity contribution in [2.75, 3.05) is 0 Å². The van der Waals surface area contributed by atoms with Crippen LogP contribution in [0.5, 0.6) is 0 Å². The van der Waals surface area contributed by atoms with Crippen molar-refractivity contribution in [1.82, 2.24) is 10.2 Å². The van der Waals surface area contributed by atoms with Gasteiger partial charge < -0.3 is 9.52 Å². The van der Waals surface area contributed by atoms with Crippen molar-refractivity contribution in [3.05, 3.63) is 35.7 Å². The number of aromatic nitrogens is 2. The molecular weight excluding hydrogens is 284 g/mol. The molecule has 5 nitrogen and oxygen atoms in total. The maximum Gasteiger partial charge on any atom is 0.382 e. The predicted octanol–water partition coefficient (Wildman–Crippen LogP) is 2.79. The van der Waals surface area contributed by atoms with Crippen molar-refractivity contribution in [1.29, 1.82) is 0 Å². The second kappa shape index (κ2) is 4.91. The van der Waals surface area contributed by atoms with Crippen molar-refractivity contribution < 1.29 is 31.9 Å². The second-order valence-electron chi connectivity index (χ2n) is 3.72. The summed E-state index contributed by atoms with van der Waals surface area (Å²) in [6.07, 6.45) is -3.99. The molecule has 0 aliphatic rings. The van der Waals surface area contributed by atoms with Crippen LogP contribution in [0, 0.1) is 0 Å². The maximum atomic E-state index is 13.0. The van der Waals surface area contributed by atoms with Crippen LogP contribution in [-0.2, 0) is 5.92 Å². The third-order valence-electron chi connectivity index (χ3n) is 2.34. The Morgan fingerprint density at radius 2 is 2.00 bits per heavy atom. The minimum absolute atomic E-state index is 0.0358. The Morgan fingerprint density at radius 1 is 1.30 bits per heavy atom. The summed E-state index contributed by atoms with van der Waals surface area (Å²) >= 11 is 0. The summed E-state index contributed by atoms with van der Waals surface area (Å²) in [6, 6.07) is 5.01. The van der Waals surface area contributed by atoms with E-state index < -0.39 is 30.1 Å². The first-order valence-electron chi connectivity index (χ1n) is 5.16. The highest BCUT2D eigenvalue weighted by Gasteiger charge is 2.48. The highest BCUT2D eigenvalue weighted by atomic mass is 19.3. The lowest BCUT2D eigenvalue weighted by Crippen LogP contribution is -2.23. The number of benzene rings is 1. The molecule has 2 rings (SSSR count). The number of hydrogen-bond acceptors (Lipinski definition) is 4. The summed E-state index contributed by atoms with van der Waals surface area (Å²) in [6.45, 7) is 0. The van der Waals surface area contributed by atoms with Crippen LogP contribution in [0.3, 0.4) is 0 Å². The summed E-state index contributed by atoms with van der Waals surface area (Å²) in [7, 11) is 0. The molecule has 9 heteroatoms. The zero-order chi connectivity index (χ0) is 14.9. The first-order valence-corrected chi connectivity index (χ1v) is 5.16. The highest BCUT2D eigenvalue weighted by Crippen LogP contribution is 2.34. The van der Waals surface area contributed by atoms with Crippen LogP contribution in [0.25, 0.3) is 11.5 Å².